The Kier molecular flexibility index (Phi) is 5.83. The standard InChI is InChI=1S/C11H17N3O3Si/c1-15-18(16-2,17-3)9-8-10-4-6-11(7-5-10)13-14-12/h4-7H,8-9H2,1-3H3. The number of azide groups is 1. The van der Waals surface area contributed by atoms with Gasteiger partial charge in [0.1, 0.15) is 0 Å². The minimum Gasteiger partial charge on any atom is -0.377 e. The van der Waals surface area contributed by atoms with Gasteiger partial charge in [0.15, 0.2) is 0 Å². The maximum Gasteiger partial charge on any atom is 0.500 e. The van der Waals surface area contributed by atoms with Crippen LogP contribution in [0.2, 0.25) is 6.04 Å². The summed E-state index contributed by atoms with van der Waals surface area (Å²) in [6.45, 7) is 0. The van der Waals surface area contributed by atoms with E-state index in [4.69, 9.17) is 18.8 Å². The maximum atomic E-state index is 8.31. The molecule has 6 nitrogen and oxygen atoms in total. The maximum absolute atomic E-state index is 8.31. The van der Waals surface area contributed by atoms with Crippen LogP contribution in [0.15, 0.2) is 29.4 Å². The lowest BCUT2D eigenvalue weighted by Crippen LogP contribution is -2.43. The van der Waals surface area contributed by atoms with E-state index in [1.165, 1.54) is 0 Å². The summed E-state index contributed by atoms with van der Waals surface area (Å²) in [6.07, 6.45) is 0.790. The summed E-state index contributed by atoms with van der Waals surface area (Å²) in [5.41, 5.74) is 10.0. The van der Waals surface area contributed by atoms with Crippen LogP contribution < -0.4 is 0 Å². The molecule has 0 amide bonds. The van der Waals surface area contributed by atoms with Gasteiger partial charge in [-0.2, -0.15) is 0 Å². The molecule has 0 saturated carbocycles. The Bertz CT molecular complexity index is 406. The normalized spacial score (nSPS) is 11.1. The highest BCUT2D eigenvalue weighted by Crippen LogP contribution is 2.19. The predicted octanol–water partition coefficient (Wildman–Crippen LogP) is 3.05. The number of benzene rings is 1. The van der Waals surface area contributed by atoms with Crippen LogP contribution in [0.1, 0.15) is 5.56 Å². The molecule has 0 aromatic heterocycles. The van der Waals surface area contributed by atoms with Gasteiger partial charge in [0.2, 0.25) is 0 Å². The van der Waals surface area contributed by atoms with E-state index in [1.54, 1.807) is 33.5 Å². The quantitative estimate of drug-likeness (QED) is 0.330. The Morgan fingerprint density at radius 3 is 2.11 bits per heavy atom. The molecule has 0 heterocycles. The van der Waals surface area contributed by atoms with Crippen LogP contribution in [0.4, 0.5) is 5.69 Å². The lowest BCUT2D eigenvalue weighted by Gasteiger charge is -2.24. The van der Waals surface area contributed by atoms with Crippen LogP contribution in [0.5, 0.6) is 0 Å². The Morgan fingerprint density at radius 1 is 1.11 bits per heavy atom. The molecule has 98 valence electrons. The Hall–Kier alpha value is -1.37. The SMILES string of the molecule is CO[Si](CCc1ccc(N=[N+]=[N-])cc1)(OC)OC. The molecule has 0 spiro atoms. The van der Waals surface area contributed by atoms with E-state index in [-0.39, 0.29) is 0 Å². The van der Waals surface area contributed by atoms with E-state index in [0.717, 1.165) is 12.0 Å². The summed E-state index contributed by atoms with van der Waals surface area (Å²) >= 11 is 0. The zero-order valence-corrected chi connectivity index (χ0v) is 11.8. The summed E-state index contributed by atoms with van der Waals surface area (Å²) in [5.74, 6) is 0. The number of hydrogen-bond acceptors (Lipinski definition) is 4. The molecule has 0 N–H and O–H groups in total. The van der Waals surface area contributed by atoms with Crippen molar-refractivity contribution >= 4 is 14.5 Å². The molecule has 18 heavy (non-hydrogen) atoms. The smallest absolute Gasteiger partial charge is 0.377 e. The van der Waals surface area contributed by atoms with Crippen LogP contribution in [0.3, 0.4) is 0 Å². The van der Waals surface area contributed by atoms with E-state index in [0.29, 0.717) is 11.7 Å². The molecule has 0 unspecified atom stereocenters. The zero-order valence-electron chi connectivity index (χ0n) is 10.8. The molecule has 0 aliphatic rings. The summed E-state index contributed by atoms with van der Waals surface area (Å²) in [5, 5.41) is 3.52. The number of aryl methyl sites for hydroxylation is 1. The average Bonchev–Trinajstić information content (AvgIpc) is 2.43. The van der Waals surface area contributed by atoms with Gasteiger partial charge >= 0.3 is 8.80 Å². The second-order valence-electron chi connectivity index (χ2n) is 3.65. The fourth-order valence-corrected chi connectivity index (χ4v) is 3.34. The average molecular weight is 267 g/mol. The second-order valence-corrected chi connectivity index (χ2v) is 6.74. The highest BCUT2D eigenvalue weighted by atomic mass is 28.4. The van der Waals surface area contributed by atoms with Gasteiger partial charge < -0.3 is 13.3 Å². The molecule has 1 aromatic rings. The third-order valence-corrected chi connectivity index (χ3v) is 5.48. The van der Waals surface area contributed by atoms with Gasteiger partial charge in [0, 0.05) is 38.0 Å². The molecular formula is C11H17N3O3Si. The highest BCUT2D eigenvalue weighted by molar-refractivity contribution is 6.60. The molecule has 1 rings (SSSR count). The molecule has 0 fully saturated rings. The van der Waals surface area contributed by atoms with E-state index in [1.807, 2.05) is 12.1 Å². The molecule has 0 aliphatic heterocycles. The van der Waals surface area contributed by atoms with Crippen molar-refractivity contribution in [2.75, 3.05) is 21.3 Å². The first-order valence-electron chi connectivity index (χ1n) is 5.49. The van der Waals surface area contributed by atoms with Gasteiger partial charge in [-0.25, -0.2) is 0 Å². The molecule has 0 radical (unpaired) electrons. The van der Waals surface area contributed by atoms with Crippen LogP contribution in [0.25, 0.3) is 10.4 Å². The predicted molar refractivity (Wildman–Crippen MR) is 70.5 cm³/mol. The van der Waals surface area contributed by atoms with Crippen molar-refractivity contribution in [3.8, 4) is 0 Å². The highest BCUT2D eigenvalue weighted by Gasteiger charge is 2.36. The zero-order chi connectivity index (χ0) is 13.4. The van der Waals surface area contributed by atoms with Crippen molar-refractivity contribution in [3.05, 3.63) is 40.3 Å². The van der Waals surface area contributed by atoms with Crippen LogP contribution in [0, 0.1) is 0 Å². The van der Waals surface area contributed by atoms with Crippen molar-refractivity contribution in [1.82, 2.24) is 0 Å². The van der Waals surface area contributed by atoms with Gasteiger partial charge in [-0.3, -0.25) is 0 Å². The minimum absolute atomic E-state index is 0.606. The molecule has 1 aromatic carbocycles. The van der Waals surface area contributed by atoms with Gasteiger partial charge in [0.05, 0.1) is 0 Å². The Balaban J connectivity index is 2.65. The van der Waals surface area contributed by atoms with Crippen LogP contribution in [-0.4, -0.2) is 30.1 Å². The summed E-state index contributed by atoms with van der Waals surface area (Å²) in [4.78, 5) is 2.73. The van der Waals surface area contributed by atoms with Gasteiger partial charge in [-0.15, -0.1) is 0 Å². The van der Waals surface area contributed by atoms with Crippen molar-refractivity contribution in [2.24, 2.45) is 5.11 Å². The molecule has 0 atom stereocenters. The van der Waals surface area contributed by atoms with E-state index >= 15 is 0 Å². The first-order valence-corrected chi connectivity index (χ1v) is 7.42. The van der Waals surface area contributed by atoms with E-state index < -0.39 is 8.80 Å². The molecular weight excluding hydrogens is 250 g/mol. The number of rotatable bonds is 7. The largest absolute Gasteiger partial charge is 0.500 e. The van der Waals surface area contributed by atoms with E-state index in [2.05, 4.69) is 10.0 Å². The van der Waals surface area contributed by atoms with Crippen molar-refractivity contribution < 1.29 is 13.3 Å². The molecule has 0 bridgehead atoms. The van der Waals surface area contributed by atoms with Gasteiger partial charge in [-0.1, -0.05) is 29.4 Å². The van der Waals surface area contributed by atoms with Crippen molar-refractivity contribution in [1.29, 1.82) is 0 Å². The summed E-state index contributed by atoms with van der Waals surface area (Å²) < 4.78 is 16.0. The number of hydrogen-bond donors (Lipinski definition) is 0. The van der Waals surface area contributed by atoms with Crippen LogP contribution in [-0.2, 0) is 19.7 Å². The van der Waals surface area contributed by atoms with Crippen molar-refractivity contribution in [2.45, 2.75) is 12.5 Å². The molecule has 7 heteroatoms. The van der Waals surface area contributed by atoms with Gasteiger partial charge in [0.25, 0.3) is 0 Å². The summed E-state index contributed by atoms with van der Waals surface area (Å²) in [6, 6.07) is 8.11. The first-order chi connectivity index (χ1) is 8.69. The van der Waals surface area contributed by atoms with Crippen LogP contribution >= 0.6 is 0 Å². The Morgan fingerprint density at radius 2 is 1.67 bits per heavy atom. The fraction of sp³-hybridized carbons (Fsp3) is 0.455. The monoisotopic (exact) mass is 267 g/mol. The van der Waals surface area contributed by atoms with E-state index in [9.17, 15) is 0 Å². The lowest BCUT2D eigenvalue weighted by molar-refractivity contribution is 0.123. The lowest BCUT2D eigenvalue weighted by atomic mass is 10.1. The third-order valence-electron chi connectivity index (χ3n) is 2.75. The Labute approximate surface area is 107 Å². The topological polar surface area (TPSA) is 76.5 Å². The summed E-state index contributed by atoms with van der Waals surface area (Å²) in [7, 11) is 2.29. The number of nitrogens with zero attached hydrogens (tertiary/aromatic N) is 3. The second kappa shape index (κ2) is 7.15. The fourth-order valence-electron chi connectivity index (χ4n) is 1.63. The minimum atomic E-state index is -2.51. The van der Waals surface area contributed by atoms with Crippen molar-refractivity contribution in [3.63, 3.8) is 0 Å². The molecule has 0 saturated heterocycles. The van der Waals surface area contributed by atoms with Gasteiger partial charge in [-0.05, 0) is 17.5 Å². The third kappa shape index (κ3) is 3.83. The first kappa shape index (κ1) is 14.7. The molecule has 0 aliphatic carbocycles.